The Balaban J connectivity index is 2.19. The molecular formula is C13H19NO4S. The van der Waals surface area contributed by atoms with Crippen LogP contribution in [-0.2, 0) is 21.2 Å². The van der Waals surface area contributed by atoms with Crippen molar-refractivity contribution in [2.75, 3.05) is 12.3 Å². The fourth-order valence-corrected chi connectivity index (χ4v) is 2.77. The van der Waals surface area contributed by atoms with Crippen molar-refractivity contribution in [1.82, 2.24) is 4.72 Å². The van der Waals surface area contributed by atoms with E-state index in [0.717, 1.165) is 12.8 Å². The third-order valence-electron chi connectivity index (χ3n) is 2.61. The van der Waals surface area contributed by atoms with Crippen LogP contribution in [0, 0.1) is 0 Å². The summed E-state index contributed by atoms with van der Waals surface area (Å²) in [6.45, 7) is 0.379. The highest BCUT2D eigenvalue weighted by atomic mass is 32.2. The van der Waals surface area contributed by atoms with Gasteiger partial charge in [-0.15, -0.1) is 0 Å². The van der Waals surface area contributed by atoms with Gasteiger partial charge in [-0.05, 0) is 24.8 Å². The van der Waals surface area contributed by atoms with Gasteiger partial charge in [0.15, 0.2) is 0 Å². The number of sulfonamides is 1. The minimum atomic E-state index is -3.35. The van der Waals surface area contributed by atoms with Gasteiger partial charge in [-0.2, -0.15) is 0 Å². The molecule has 6 heteroatoms. The first kappa shape index (κ1) is 15.7. The maximum atomic E-state index is 11.5. The lowest BCUT2D eigenvalue weighted by Crippen LogP contribution is -2.27. The number of rotatable bonds is 9. The summed E-state index contributed by atoms with van der Waals surface area (Å²) in [5.74, 6) is -1.11. The lowest BCUT2D eigenvalue weighted by atomic mass is 10.1. The average molecular weight is 285 g/mol. The predicted octanol–water partition coefficient (Wildman–Crippen LogP) is 1.40. The van der Waals surface area contributed by atoms with E-state index in [1.807, 2.05) is 30.3 Å². The molecule has 0 bridgehead atoms. The van der Waals surface area contributed by atoms with Crippen LogP contribution in [0.2, 0.25) is 0 Å². The van der Waals surface area contributed by atoms with Crippen molar-refractivity contribution in [3.05, 3.63) is 35.9 Å². The molecule has 0 fully saturated rings. The molecule has 0 aliphatic rings. The molecule has 1 aromatic rings. The number of hydrogen-bond donors (Lipinski definition) is 2. The van der Waals surface area contributed by atoms with Crippen LogP contribution < -0.4 is 4.72 Å². The molecule has 0 aromatic heterocycles. The van der Waals surface area contributed by atoms with Crippen LogP contribution in [0.5, 0.6) is 0 Å². The predicted molar refractivity (Wildman–Crippen MR) is 73.4 cm³/mol. The number of carboxylic acids is 1. The largest absolute Gasteiger partial charge is 0.481 e. The van der Waals surface area contributed by atoms with Gasteiger partial charge < -0.3 is 5.11 Å². The summed E-state index contributed by atoms with van der Waals surface area (Å²) in [6, 6.07) is 9.84. The van der Waals surface area contributed by atoms with Crippen LogP contribution in [0.1, 0.15) is 24.8 Å². The molecule has 0 spiro atoms. The van der Waals surface area contributed by atoms with Crippen molar-refractivity contribution in [3.63, 3.8) is 0 Å². The van der Waals surface area contributed by atoms with Gasteiger partial charge in [-0.3, -0.25) is 4.79 Å². The molecule has 2 N–H and O–H groups in total. The summed E-state index contributed by atoms with van der Waals surface area (Å²) in [7, 11) is -3.35. The van der Waals surface area contributed by atoms with Crippen LogP contribution in [0.25, 0.3) is 0 Å². The van der Waals surface area contributed by atoms with Crippen molar-refractivity contribution >= 4 is 16.0 Å². The first-order valence-electron chi connectivity index (χ1n) is 6.23. The molecule has 0 unspecified atom stereocenters. The quantitative estimate of drug-likeness (QED) is 0.672. The molecule has 1 rings (SSSR count). The summed E-state index contributed by atoms with van der Waals surface area (Å²) < 4.78 is 25.5. The first-order valence-corrected chi connectivity index (χ1v) is 7.88. The standard InChI is InChI=1S/C13H19NO4S/c15-13(16)9-5-11-19(17,18)14-10-4-8-12-6-2-1-3-7-12/h1-3,6-7,14H,4-5,8-11H2,(H,15,16). The summed E-state index contributed by atoms with van der Waals surface area (Å²) in [5.41, 5.74) is 1.17. The number of aryl methyl sites for hydroxylation is 1. The van der Waals surface area contributed by atoms with Crippen molar-refractivity contribution in [1.29, 1.82) is 0 Å². The second kappa shape index (κ2) is 7.91. The van der Waals surface area contributed by atoms with Gasteiger partial charge in [0, 0.05) is 13.0 Å². The van der Waals surface area contributed by atoms with E-state index in [0.29, 0.717) is 6.54 Å². The fraction of sp³-hybridized carbons (Fsp3) is 0.462. The lowest BCUT2D eigenvalue weighted by molar-refractivity contribution is -0.137. The number of nitrogens with one attached hydrogen (secondary N) is 1. The Kier molecular flexibility index (Phi) is 6.52. The van der Waals surface area contributed by atoms with Gasteiger partial charge in [0.05, 0.1) is 5.75 Å². The van der Waals surface area contributed by atoms with Crippen LogP contribution in [0.4, 0.5) is 0 Å². The van der Waals surface area contributed by atoms with E-state index in [1.54, 1.807) is 0 Å². The minimum Gasteiger partial charge on any atom is -0.481 e. The van der Waals surface area contributed by atoms with Crippen molar-refractivity contribution in [2.24, 2.45) is 0 Å². The fourth-order valence-electron chi connectivity index (χ4n) is 1.65. The van der Waals surface area contributed by atoms with Gasteiger partial charge in [0.2, 0.25) is 10.0 Å². The van der Waals surface area contributed by atoms with Gasteiger partial charge in [-0.1, -0.05) is 30.3 Å². The molecule has 0 amide bonds. The summed E-state index contributed by atoms with van der Waals surface area (Å²) in [6.07, 6.45) is 1.56. The molecule has 0 saturated carbocycles. The number of hydrogen-bond acceptors (Lipinski definition) is 3. The highest BCUT2D eigenvalue weighted by molar-refractivity contribution is 7.89. The third kappa shape index (κ3) is 7.58. The second-order valence-electron chi connectivity index (χ2n) is 4.30. The Hall–Kier alpha value is -1.40. The highest BCUT2D eigenvalue weighted by Crippen LogP contribution is 2.02. The Morgan fingerprint density at radius 2 is 1.84 bits per heavy atom. The topological polar surface area (TPSA) is 83.5 Å². The monoisotopic (exact) mass is 285 g/mol. The van der Waals surface area contributed by atoms with Crippen molar-refractivity contribution in [2.45, 2.75) is 25.7 Å². The zero-order valence-electron chi connectivity index (χ0n) is 10.7. The van der Waals surface area contributed by atoms with Gasteiger partial charge in [-0.25, -0.2) is 13.1 Å². The summed E-state index contributed by atoms with van der Waals surface area (Å²) in [5, 5.41) is 8.44. The van der Waals surface area contributed by atoms with Crippen LogP contribution in [0.15, 0.2) is 30.3 Å². The van der Waals surface area contributed by atoms with E-state index in [-0.39, 0.29) is 18.6 Å². The number of benzene rings is 1. The molecule has 1 aromatic carbocycles. The molecule has 106 valence electrons. The molecule has 19 heavy (non-hydrogen) atoms. The van der Waals surface area contributed by atoms with E-state index in [9.17, 15) is 13.2 Å². The average Bonchev–Trinajstić information content (AvgIpc) is 2.35. The smallest absolute Gasteiger partial charge is 0.303 e. The molecule has 0 aliphatic carbocycles. The van der Waals surface area contributed by atoms with Crippen molar-refractivity contribution < 1.29 is 18.3 Å². The summed E-state index contributed by atoms with van der Waals surface area (Å²) in [4.78, 5) is 10.3. The van der Waals surface area contributed by atoms with E-state index in [4.69, 9.17) is 5.11 Å². The van der Waals surface area contributed by atoms with Gasteiger partial charge >= 0.3 is 5.97 Å². The number of aliphatic carboxylic acids is 1. The zero-order chi connectivity index (χ0) is 14.1. The minimum absolute atomic E-state index is 0.120. The van der Waals surface area contributed by atoms with Crippen LogP contribution in [0.3, 0.4) is 0 Å². The van der Waals surface area contributed by atoms with Crippen molar-refractivity contribution in [3.8, 4) is 0 Å². The first-order chi connectivity index (χ1) is 8.99. The zero-order valence-corrected chi connectivity index (χ0v) is 11.5. The second-order valence-corrected chi connectivity index (χ2v) is 6.23. The lowest BCUT2D eigenvalue weighted by Gasteiger charge is -2.06. The highest BCUT2D eigenvalue weighted by Gasteiger charge is 2.10. The Bertz CT molecular complexity index is 485. The van der Waals surface area contributed by atoms with E-state index < -0.39 is 16.0 Å². The molecule has 0 saturated heterocycles. The maximum absolute atomic E-state index is 11.5. The van der Waals surface area contributed by atoms with Crippen LogP contribution >= 0.6 is 0 Å². The molecule has 0 heterocycles. The molecule has 5 nitrogen and oxygen atoms in total. The molecule has 0 aliphatic heterocycles. The Labute approximate surface area is 113 Å². The van der Waals surface area contributed by atoms with E-state index >= 15 is 0 Å². The maximum Gasteiger partial charge on any atom is 0.303 e. The van der Waals surface area contributed by atoms with Crippen LogP contribution in [-0.4, -0.2) is 31.8 Å². The molecule has 0 atom stereocenters. The Morgan fingerprint density at radius 3 is 2.47 bits per heavy atom. The number of carboxylic acid groups (broad SMARTS) is 1. The Morgan fingerprint density at radius 1 is 1.16 bits per heavy atom. The van der Waals surface area contributed by atoms with Gasteiger partial charge in [0.1, 0.15) is 0 Å². The van der Waals surface area contributed by atoms with Gasteiger partial charge in [0.25, 0.3) is 0 Å². The normalized spacial score (nSPS) is 11.4. The molecular weight excluding hydrogens is 266 g/mol. The molecule has 0 radical (unpaired) electrons. The summed E-state index contributed by atoms with van der Waals surface area (Å²) >= 11 is 0. The van der Waals surface area contributed by atoms with E-state index in [2.05, 4.69) is 4.72 Å². The van der Waals surface area contributed by atoms with E-state index in [1.165, 1.54) is 5.56 Å². The SMILES string of the molecule is O=C(O)CCCS(=O)(=O)NCCCc1ccccc1. The number of carbonyl (C=O) groups is 1. The third-order valence-corrected chi connectivity index (χ3v) is 4.08.